The van der Waals surface area contributed by atoms with E-state index < -0.39 is 0 Å². The van der Waals surface area contributed by atoms with Crippen molar-refractivity contribution in [1.29, 1.82) is 0 Å². The number of nitrogens with one attached hydrogen (secondary N) is 2. The molecule has 0 aliphatic rings. The van der Waals surface area contributed by atoms with Crippen LogP contribution in [-0.4, -0.2) is 9.97 Å². The number of halogens is 1. The van der Waals surface area contributed by atoms with Crippen LogP contribution >= 0.6 is 27.3 Å². The Bertz CT molecular complexity index is 827. The molecule has 0 unspecified atom stereocenters. The largest absolute Gasteiger partial charge is 0.399 e. The van der Waals surface area contributed by atoms with Gasteiger partial charge in [-0.25, -0.2) is 4.98 Å². The van der Waals surface area contributed by atoms with Crippen LogP contribution in [0.4, 0.5) is 11.6 Å². The molecule has 0 bridgehead atoms. The molecule has 0 atom stereocenters. The molecule has 0 aliphatic heterocycles. The second kappa shape index (κ2) is 5.26. The Morgan fingerprint density at radius 1 is 1.40 bits per heavy atom. The summed E-state index contributed by atoms with van der Waals surface area (Å²) in [7, 11) is 0. The summed E-state index contributed by atoms with van der Waals surface area (Å²) in [6.07, 6.45) is 0. The number of H-pyrrole nitrogens is 1. The smallest absolute Gasteiger partial charge is 0.260 e. The highest BCUT2D eigenvalue weighted by molar-refractivity contribution is 9.10. The summed E-state index contributed by atoms with van der Waals surface area (Å²) in [5.74, 6) is 0.455. The molecule has 0 fully saturated rings. The number of nitrogens with two attached hydrogens (primary N) is 1. The van der Waals surface area contributed by atoms with E-state index in [1.54, 1.807) is 29.5 Å². The first-order chi connectivity index (χ1) is 9.61. The zero-order valence-electron chi connectivity index (χ0n) is 10.3. The fourth-order valence-electron chi connectivity index (χ4n) is 1.86. The van der Waals surface area contributed by atoms with Crippen molar-refractivity contribution in [2.45, 2.75) is 6.54 Å². The molecule has 0 saturated heterocycles. The van der Waals surface area contributed by atoms with Gasteiger partial charge >= 0.3 is 0 Å². The van der Waals surface area contributed by atoms with E-state index in [1.165, 1.54) is 0 Å². The lowest BCUT2D eigenvalue weighted by molar-refractivity contribution is 1.07. The number of thiophene rings is 1. The van der Waals surface area contributed by atoms with Gasteiger partial charge in [-0.05, 0) is 40.2 Å². The number of anilines is 2. The molecule has 3 rings (SSSR count). The molecule has 4 N–H and O–H groups in total. The molecule has 2 aromatic heterocycles. The van der Waals surface area contributed by atoms with Crippen LogP contribution in [0.15, 0.2) is 38.9 Å². The maximum Gasteiger partial charge on any atom is 0.260 e. The highest BCUT2D eigenvalue weighted by atomic mass is 79.9. The van der Waals surface area contributed by atoms with Gasteiger partial charge in [-0.15, -0.1) is 11.3 Å². The summed E-state index contributed by atoms with van der Waals surface area (Å²) in [5.41, 5.74) is 6.64. The summed E-state index contributed by atoms with van der Waals surface area (Å²) in [6, 6.07) is 7.13. The second-order valence-corrected chi connectivity index (χ2v) is 6.19. The van der Waals surface area contributed by atoms with Gasteiger partial charge in [0.1, 0.15) is 0 Å². The fourth-order valence-corrected chi connectivity index (χ4v) is 3.25. The van der Waals surface area contributed by atoms with E-state index >= 15 is 0 Å². The highest BCUT2D eigenvalue weighted by Gasteiger charge is 2.05. The molecule has 2 heterocycles. The molecule has 5 nitrogen and oxygen atoms in total. The number of hydrogen-bond donors (Lipinski definition) is 3. The van der Waals surface area contributed by atoms with E-state index in [4.69, 9.17) is 5.73 Å². The van der Waals surface area contributed by atoms with Crippen molar-refractivity contribution in [2.75, 3.05) is 11.1 Å². The average Bonchev–Trinajstić information content (AvgIpc) is 2.83. The lowest BCUT2D eigenvalue weighted by Gasteiger charge is -2.05. The van der Waals surface area contributed by atoms with Gasteiger partial charge in [-0.1, -0.05) is 0 Å². The Morgan fingerprint density at radius 2 is 2.25 bits per heavy atom. The van der Waals surface area contributed by atoms with Gasteiger partial charge in [-0.3, -0.25) is 9.78 Å². The monoisotopic (exact) mass is 350 g/mol. The molecular weight excluding hydrogens is 340 g/mol. The number of nitrogen functional groups attached to an aromatic ring is 1. The van der Waals surface area contributed by atoms with Crippen molar-refractivity contribution >= 4 is 49.8 Å². The van der Waals surface area contributed by atoms with Crippen molar-refractivity contribution in [2.24, 2.45) is 0 Å². The molecule has 3 aromatic rings. The molecule has 20 heavy (non-hydrogen) atoms. The third-order valence-electron chi connectivity index (χ3n) is 2.78. The summed E-state index contributed by atoms with van der Waals surface area (Å²) in [5, 5.41) is 5.62. The standard InChI is InChI=1S/C13H11BrN4OS/c14-7-3-9(20-6-7)5-16-13-17-11-2-1-8(15)4-10(11)12(19)18-13/h1-4,6H,5,15H2,(H2,16,17,18,19). The van der Waals surface area contributed by atoms with E-state index in [2.05, 4.69) is 31.2 Å². The van der Waals surface area contributed by atoms with E-state index in [0.717, 1.165) is 9.35 Å². The summed E-state index contributed by atoms with van der Waals surface area (Å²) in [4.78, 5) is 20.2. The lowest BCUT2D eigenvalue weighted by atomic mass is 10.2. The average molecular weight is 351 g/mol. The van der Waals surface area contributed by atoms with Gasteiger partial charge in [0.2, 0.25) is 5.95 Å². The van der Waals surface area contributed by atoms with Crippen LogP contribution in [0.3, 0.4) is 0 Å². The molecule has 102 valence electrons. The summed E-state index contributed by atoms with van der Waals surface area (Å²) >= 11 is 5.04. The predicted octanol–water partition coefficient (Wildman–Crippen LogP) is 2.94. The van der Waals surface area contributed by atoms with Crippen molar-refractivity contribution in [1.82, 2.24) is 9.97 Å². The Morgan fingerprint density at radius 3 is 3.00 bits per heavy atom. The van der Waals surface area contributed by atoms with Crippen molar-refractivity contribution in [3.63, 3.8) is 0 Å². The topological polar surface area (TPSA) is 83.8 Å². The lowest BCUT2D eigenvalue weighted by Crippen LogP contribution is -2.13. The Kier molecular flexibility index (Phi) is 3.45. The summed E-state index contributed by atoms with van der Waals surface area (Å²) < 4.78 is 1.05. The van der Waals surface area contributed by atoms with E-state index in [-0.39, 0.29) is 5.56 Å². The van der Waals surface area contributed by atoms with Crippen LogP contribution in [0.1, 0.15) is 4.88 Å². The van der Waals surface area contributed by atoms with Crippen molar-refractivity contribution < 1.29 is 0 Å². The minimum atomic E-state index is -0.197. The number of rotatable bonds is 3. The van der Waals surface area contributed by atoms with E-state index in [0.29, 0.717) is 29.1 Å². The van der Waals surface area contributed by atoms with Gasteiger partial charge in [0.05, 0.1) is 17.4 Å². The van der Waals surface area contributed by atoms with E-state index in [9.17, 15) is 4.79 Å². The Balaban J connectivity index is 1.89. The maximum absolute atomic E-state index is 12.0. The van der Waals surface area contributed by atoms with Crippen molar-refractivity contribution in [3.8, 4) is 0 Å². The zero-order chi connectivity index (χ0) is 14.1. The van der Waals surface area contributed by atoms with Crippen LogP contribution in [0, 0.1) is 0 Å². The number of fused-ring (bicyclic) bond motifs is 1. The first-order valence-corrected chi connectivity index (χ1v) is 7.55. The number of aromatic amines is 1. The molecule has 0 spiro atoms. The Labute approximate surface area is 127 Å². The SMILES string of the molecule is Nc1ccc2nc(NCc3cc(Br)cs3)[nH]c(=O)c2c1. The third kappa shape index (κ3) is 2.68. The Hall–Kier alpha value is -1.86. The first-order valence-electron chi connectivity index (χ1n) is 5.88. The number of hydrogen-bond acceptors (Lipinski definition) is 5. The van der Waals surface area contributed by atoms with Crippen LogP contribution in [0.5, 0.6) is 0 Å². The van der Waals surface area contributed by atoms with Gasteiger partial charge in [0, 0.05) is 20.4 Å². The van der Waals surface area contributed by atoms with Crippen molar-refractivity contribution in [3.05, 3.63) is 49.3 Å². The molecule has 7 heteroatoms. The molecular formula is C13H11BrN4OS. The minimum absolute atomic E-state index is 0.197. The van der Waals surface area contributed by atoms with Gasteiger partial charge in [0.25, 0.3) is 5.56 Å². The van der Waals surface area contributed by atoms with Crippen LogP contribution in [-0.2, 0) is 6.54 Å². The van der Waals surface area contributed by atoms with Crippen LogP contribution < -0.4 is 16.6 Å². The van der Waals surface area contributed by atoms with E-state index in [1.807, 2.05) is 11.4 Å². The highest BCUT2D eigenvalue weighted by Crippen LogP contribution is 2.20. The molecule has 0 radical (unpaired) electrons. The van der Waals surface area contributed by atoms with Gasteiger partial charge in [0.15, 0.2) is 0 Å². The maximum atomic E-state index is 12.0. The quantitative estimate of drug-likeness (QED) is 0.634. The van der Waals surface area contributed by atoms with Crippen LogP contribution in [0.2, 0.25) is 0 Å². The molecule has 0 saturated carbocycles. The number of nitrogens with zero attached hydrogens (tertiary/aromatic N) is 1. The van der Waals surface area contributed by atoms with Gasteiger partial charge in [-0.2, -0.15) is 0 Å². The normalized spacial score (nSPS) is 10.8. The molecule has 1 aromatic carbocycles. The predicted molar refractivity (Wildman–Crippen MR) is 86.1 cm³/mol. The second-order valence-electron chi connectivity index (χ2n) is 4.28. The molecule has 0 amide bonds. The molecule has 0 aliphatic carbocycles. The number of benzene rings is 1. The number of aromatic nitrogens is 2. The zero-order valence-corrected chi connectivity index (χ0v) is 12.7. The summed E-state index contributed by atoms with van der Waals surface area (Å²) in [6.45, 7) is 0.611. The first kappa shape index (κ1) is 13.1. The van der Waals surface area contributed by atoms with Gasteiger partial charge < -0.3 is 11.1 Å². The minimum Gasteiger partial charge on any atom is -0.399 e. The third-order valence-corrected chi connectivity index (χ3v) is 4.48. The fraction of sp³-hybridized carbons (Fsp3) is 0.0769. The van der Waals surface area contributed by atoms with Crippen LogP contribution in [0.25, 0.3) is 10.9 Å².